The second-order valence-electron chi connectivity index (χ2n) is 5.25. The van der Waals surface area contributed by atoms with Crippen molar-refractivity contribution in [2.24, 2.45) is 5.41 Å². The number of halogens is 2. The second-order valence-corrected chi connectivity index (χ2v) is 7.08. The van der Waals surface area contributed by atoms with Gasteiger partial charge in [-0.25, -0.2) is 0 Å². The fourth-order valence-corrected chi connectivity index (χ4v) is 2.87. The number of hydrogen-bond donors (Lipinski definition) is 1. The van der Waals surface area contributed by atoms with Gasteiger partial charge in [-0.3, -0.25) is 4.79 Å². The zero-order chi connectivity index (χ0) is 14.5. The van der Waals surface area contributed by atoms with Gasteiger partial charge in [-0.2, -0.15) is 0 Å². The van der Waals surface area contributed by atoms with Crippen LogP contribution in [0.5, 0.6) is 0 Å². The summed E-state index contributed by atoms with van der Waals surface area (Å²) in [5.41, 5.74) is 0.665. The van der Waals surface area contributed by atoms with Gasteiger partial charge in [-0.15, -0.1) is 0 Å². The van der Waals surface area contributed by atoms with E-state index in [-0.39, 0.29) is 11.3 Å². The number of ether oxygens (including phenoxy) is 1. The second kappa shape index (κ2) is 7.41. The molecule has 0 radical (unpaired) electrons. The number of carbonyl (C=O) groups excluding carboxylic acids is 1. The topological polar surface area (TPSA) is 38.3 Å². The molecule has 0 aliphatic carbocycles. The highest BCUT2D eigenvalue weighted by atomic mass is 79.9. The quantitative estimate of drug-likeness (QED) is 0.794. The lowest BCUT2D eigenvalue weighted by Gasteiger charge is -2.24. The summed E-state index contributed by atoms with van der Waals surface area (Å²) in [6.07, 6.45) is 0.909. The van der Waals surface area contributed by atoms with Crippen molar-refractivity contribution >= 4 is 37.8 Å². The van der Waals surface area contributed by atoms with Crippen LogP contribution in [0.3, 0.4) is 0 Å². The maximum absolute atomic E-state index is 12.1. The first-order valence-electron chi connectivity index (χ1n) is 6.07. The Morgan fingerprint density at radius 2 is 1.84 bits per heavy atom. The van der Waals surface area contributed by atoms with Crippen LogP contribution in [0.2, 0.25) is 0 Å². The molecule has 1 rings (SSSR count). The molecule has 0 heterocycles. The van der Waals surface area contributed by atoms with E-state index < -0.39 is 0 Å². The highest BCUT2D eigenvalue weighted by Gasteiger charge is 2.19. The Bertz CT molecular complexity index is 427. The van der Waals surface area contributed by atoms with E-state index in [4.69, 9.17) is 4.74 Å². The summed E-state index contributed by atoms with van der Waals surface area (Å²) in [4.78, 5) is 12.1. The van der Waals surface area contributed by atoms with Crippen molar-refractivity contribution in [2.75, 3.05) is 20.3 Å². The molecule has 5 heteroatoms. The Morgan fingerprint density at radius 1 is 1.26 bits per heavy atom. The van der Waals surface area contributed by atoms with Gasteiger partial charge in [0.1, 0.15) is 0 Å². The predicted molar refractivity (Wildman–Crippen MR) is 84.4 cm³/mol. The fraction of sp³-hybridized carbons (Fsp3) is 0.500. The Labute approximate surface area is 131 Å². The molecule has 0 unspecified atom stereocenters. The van der Waals surface area contributed by atoms with Crippen molar-refractivity contribution in [2.45, 2.75) is 20.3 Å². The van der Waals surface area contributed by atoms with Gasteiger partial charge in [0.15, 0.2) is 0 Å². The van der Waals surface area contributed by atoms with E-state index in [9.17, 15) is 4.79 Å². The van der Waals surface area contributed by atoms with Crippen LogP contribution in [0.15, 0.2) is 27.1 Å². The van der Waals surface area contributed by atoms with E-state index in [0.29, 0.717) is 18.7 Å². The van der Waals surface area contributed by atoms with Gasteiger partial charge in [0.25, 0.3) is 5.91 Å². The van der Waals surface area contributed by atoms with Crippen molar-refractivity contribution < 1.29 is 9.53 Å². The number of rotatable bonds is 6. The Hall–Kier alpha value is -0.390. The third-order valence-corrected chi connectivity index (χ3v) is 3.75. The molecule has 0 atom stereocenters. The summed E-state index contributed by atoms with van der Waals surface area (Å²) in [7, 11) is 1.69. The molecule has 0 aromatic heterocycles. The SMILES string of the molecule is COCCC(C)(C)CNC(=O)c1cc(Br)cc(Br)c1. The van der Waals surface area contributed by atoms with E-state index in [0.717, 1.165) is 15.4 Å². The zero-order valence-corrected chi connectivity index (χ0v) is 14.6. The van der Waals surface area contributed by atoms with Crippen molar-refractivity contribution in [3.63, 3.8) is 0 Å². The molecule has 1 aromatic rings. The van der Waals surface area contributed by atoms with Crippen molar-refractivity contribution in [3.05, 3.63) is 32.7 Å². The highest BCUT2D eigenvalue weighted by molar-refractivity contribution is 9.11. The summed E-state index contributed by atoms with van der Waals surface area (Å²) in [6.45, 7) is 5.55. The maximum Gasteiger partial charge on any atom is 0.251 e. The summed E-state index contributed by atoms with van der Waals surface area (Å²) < 4.78 is 6.84. The average Bonchev–Trinajstić information content (AvgIpc) is 2.32. The Kier molecular flexibility index (Phi) is 6.50. The van der Waals surface area contributed by atoms with Crippen LogP contribution in [0.1, 0.15) is 30.6 Å². The molecule has 0 saturated heterocycles. The van der Waals surface area contributed by atoms with Gasteiger partial charge in [0, 0.05) is 34.8 Å². The molecule has 0 bridgehead atoms. The summed E-state index contributed by atoms with van der Waals surface area (Å²) >= 11 is 6.76. The van der Waals surface area contributed by atoms with E-state index in [2.05, 4.69) is 51.0 Å². The van der Waals surface area contributed by atoms with E-state index in [1.807, 2.05) is 18.2 Å². The van der Waals surface area contributed by atoms with Crippen molar-refractivity contribution in [1.29, 1.82) is 0 Å². The first-order chi connectivity index (χ1) is 8.84. The molecule has 0 saturated carbocycles. The van der Waals surface area contributed by atoms with Gasteiger partial charge in [-0.05, 0) is 30.0 Å². The minimum Gasteiger partial charge on any atom is -0.385 e. The lowest BCUT2D eigenvalue weighted by molar-refractivity contribution is 0.0921. The molecule has 1 aromatic carbocycles. The van der Waals surface area contributed by atoms with Gasteiger partial charge >= 0.3 is 0 Å². The first kappa shape index (κ1) is 16.7. The molecular weight excluding hydrogens is 374 g/mol. The van der Waals surface area contributed by atoms with E-state index >= 15 is 0 Å². The van der Waals surface area contributed by atoms with Crippen LogP contribution < -0.4 is 5.32 Å². The van der Waals surface area contributed by atoms with Gasteiger partial charge in [0.05, 0.1) is 0 Å². The molecule has 0 fully saturated rings. The third-order valence-electron chi connectivity index (χ3n) is 2.84. The van der Waals surface area contributed by atoms with Crippen LogP contribution in [0.25, 0.3) is 0 Å². The molecule has 0 aliphatic heterocycles. The number of benzene rings is 1. The largest absolute Gasteiger partial charge is 0.385 e. The van der Waals surface area contributed by atoms with Crippen LogP contribution in [-0.4, -0.2) is 26.2 Å². The maximum atomic E-state index is 12.1. The van der Waals surface area contributed by atoms with Crippen molar-refractivity contribution in [1.82, 2.24) is 5.32 Å². The van der Waals surface area contributed by atoms with Crippen LogP contribution >= 0.6 is 31.9 Å². The lowest BCUT2D eigenvalue weighted by Crippen LogP contribution is -2.34. The molecule has 1 N–H and O–H groups in total. The predicted octanol–water partition coefficient (Wildman–Crippen LogP) is 4.00. The average molecular weight is 393 g/mol. The molecule has 1 amide bonds. The van der Waals surface area contributed by atoms with E-state index in [1.165, 1.54) is 0 Å². The fourth-order valence-electron chi connectivity index (χ4n) is 1.57. The molecule has 0 spiro atoms. The number of nitrogens with one attached hydrogen (secondary N) is 1. The molecular formula is C14H19Br2NO2. The summed E-state index contributed by atoms with van der Waals surface area (Å²) in [5.74, 6) is -0.0625. The lowest BCUT2D eigenvalue weighted by atomic mass is 9.89. The number of amides is 1. The normalized spacial score (nSPS) is 11.4. The summed E-state index contributed by atoms with van der Waals surface area (Å²) in [6, 6.07) is 5.52. The molecule has 0 aliphatic rings. The van der Waals surface area contributed by atoms with Crippen LogP contribution in [0, 0.1) is 5.41 Å². The van der Waals surface area contributed by atoms with E-state index in [1.54, 1.807) is 7.11 Å². The molecule has 106 valence electrons. The number of methoxy groups -OCH3 is 1. The van der Waals surface area contributed by atoms with Gasteiger partial charge in [-0.1, -0.05) is 45.7 Å². The molecule has 3 nitrogen and oxygen atoms in total. The standard InChI is InChI=1S/C14H19Br2NO2/c1-14(2,4-5-19-3)9-17-13(18)10-6-11(15)8-12(16)7-10/h6-8H,4-5,9H2,1-3H3,(H,17,18). The smallest absolute Gasteiger partial charge is 0.251 e. The highest BCUT2D eigenvalue weighted by Crippen LogP contribution is 2.21. The molecule has 19 heavy (non-hydrogen) atoms. The minimum absolute atomic E-state index is 0.0227. The number of hydrogen-bond acceptors (Lipinski definition) is 2. The van der Waals surface area contributed by atoms with Gasteiger partial charge < -0.3 is 10.1 Å². The zero-order valence-electron chi connectivity index (χ0n) is 11.4. The van der Waals surface area contributed by atoms with Gasteiger partial charge in [0.2, 0.25) is 0 Å². The van der Waals surface area contributed by atoms with Crippen LogP contribution in [0.4, 0.5) is 0 Å². The minimum atomic E-state index is -0.0625. The third kappa shape index (κ3) is 6.06. The number of carbonyl (C=O) groups is 1. The Morgan fingerprint density at radius 3 is 2.37 bits per heavy atom. The van der Waals surface area contributed by atoms with Crippen LogP contribution in [-0.2, 0) is 4.74 Å². The monoisotopic (exact) mass is 391 g/mol. The summed E-state index contributed by atoms with van der Waals surface area (Å²) in [5, 5.41) is 2.97. The Balaban J connectivity index is 2.60. The van der Waals surface area contributed by atoms with Crippen molar-refractivity contribution in [3.8, 4) is 0 Å². The first-order valence-corrected chi connectivity index (χ1v) is 7.66.